The van der Waals surface area contributed by atoms with Gasteiger partial charge in [-0.1, -0.05) is 12.1 Å². The molecule has 5 nitrogen and oxygen atoms in total. The number of aromatic nitrogens is 1. The third-order valence-corrected chi connectivity index (χ3v) is 5.29. The number of carbonyl (C=O) groups is 1. The van der Waals surface area contributed by atoms with Crippen molar-refractivity contribution >= 4 is 11.6 Å². The Balaban J connectivity index is 1.51. The van der Waals surface area contributed by atoms with Gasteiger partial charge in [-0.05, 0) is 85.7 Å². The highest BCUT2D eigenvalue weighted by Crippen LogP contribution is 2.31. The summed E-state index contributed by atoms with van der Waals surface area (Å²) in [6.07, 6.45) is 7.94. The molecular formula is C25H26N2O3. The molecule has 0 aliphatic heterocycles. The van der Waals surface area contributed by atoms with Crippen molar-refractivity contribution in [2.75, 3.05) is 11.9 Å². The molecule has 0 atom stereocenters. The van der Waals surface area contributed by atoms with E-state index in [-0.39, 0.29) is 5.91 Å². The van der Waals surface area contributed by atoms with E-state index < -0.39 is 0 Å². The fraction of sp³-hybridized carbons (Fsp3) is 0.280. The van der Waals surface area contributed by atoms with Crippen LogP contribution >= 0.6 is 0 Å². The maximum Gasteiger partial charge on any atom is 0.255 e. The molecule has 0 radical (unpaired) electrons. The van der Waals surface area contributed by atoms with Crippen molar-refractivity contribution in [3.63, 3.8) is 0 Å². The Hall–Kier alpha value is -3.34. The smallest absolute Gasteiger partial charge is 0.255 e. The molecule has 0 unspecified atom stereocenters. The second-order valence-corrected chi connectivity index (χ2v) is 7.34. The zero-order chi connectivity index (χ0) is 20.8. The third kappa shape index (κ3) is 4.62. The van der Waals surface area contributed by atoms with E-state index in [0.29, 0.717) is 30.3 Å². The minimum Gasteiger partial charge on any atom is -0.490 e. The number of amides is 1. The van der Waals surface area contributed by atoms with Crippen molar-refractivity contribution in [3.05, 3.63) is 83.2 Å². The molecule has 0 spiro atoms. The van der Waals surface area contributed by atoms with Gasteiger partial charge in [-0.15, -0.1) is 0 Å². The molecule has 1 heterocycles. The predicted octanol–water partition coefficient (Wildman–Crippen LogP) is 5.19. The summed E-state index contributed by atoms with van der Waals surface area (Å²) in [4.78, 5) is 16.9. The molecule has 1 aliphatic carbocycles. The molecule has 1 amide bonds. The van der Waals surface area contributed by atoms with Gasteiger partial charge in [-0.25, -0.2) is 0 Å². The quantitative estimate of drug-likeness (QED) is 0.591. The molecule has 30 heavy (non-hydrogen) atoms. The predicted molar refractivity (Wildman–Crippen MR) is 117 cm³/mol. The zero-order valence-corrected chi connectivity index (χ0v) is 17.2. The first-order valence-electron chi connectivity index (χ1n) is 10.4. The van der Waals surface area contributed by atoms with Crippen LogP contribution in [0.1, 0.15) is 46.8 Å². The van der Waals surface area contributed by atoms with Gasteiger partial charge in [-0.2, -0.15) is 0 Å². The van der Waals surface area contributed by atoms with E-state index in [4.69, 9.17) is 9.47 Å². The lowest BCUT2D eigenvalue weighted by Gasteiger charge is -2.20. The van der Waals surface area contributed by atoms with Crippen LogP contribution in [0.5, 0.6) is 11.5 Å². The van der Waals surface area contributed by atoms with E-state index in [9.17, 15) is 4.79 Å². The first-order chi connectivity index (χ1) is 14.7. The molecule has 1 aromatic heterocycles. The Morgan fingerprint density at radius 3 is 2.67 bits per heavy atom. The van der Waals surface area contributed by atoms with Crippen molar-refractivity contribution in [2.45, 2.75) is 39.2 Å². The number of fused-ring (bicyclic) bond motifs is 1. The lowest BCUT2D eigenvalue weighted by molar-refractivity contribution is 0.102. The second kappa shape index (κ2) is 9.44. The molecule has 0 bridgehead atoms. The Morgan fingerprint density at radius 2 is 1.83 bits per heavy atom. The standard InChI is InChI=1S/C25H26N2O3/c1-2-29-24-16-20(10-11-23(24)30-17-18-12-14-26-15-13-18)25(28)27-22-9-5-7-19-6-3-4-8-21(19)22/h5,7,9-16H,2-4,6,8,17H2,1H3,(H,27,28). The van der Waals surface area contributed by atoms with Gasteiger partial charge in [0.15, 0.2) is 11.5 Å². The van der Waals surface area contributed by atoms with Crippen molar-refractivity contribution in [1.82, 2.24) is 4.98 Å². The van der Waals surface area contributed by atoms with Crippen LogP contribution in [0, 0.1) is 0 Å². The van der Waals surface area contributed by atoms with Crippen LogP contribution in [-0.4, -0.2) is 17.5 Å². The Labute approximate surface area is 177 Å². The summed E-state index contributed by atoms with van der Waals surface area (Å²) >= 11 is 0. The highest BCUT2D eigenvalue weighted by atomic mass is 16.5. The van der Waals surface area contributed by atoms with Gasteiger partial charge in [-0.3, -0.25) is 9.78 Å². The molecule has 1 aliphatic rings. The third-order valence-electron chi connectivity index (χ3n) is 5.29. The number of carbonyl (C=O) groups excluding carboxylic acids is 1. The number of hydrogen-bond donors (Lipinski definition) is 1. The number of rotatable bonds is 7. The van der Waals surface area contributed by atoms with E-state index in [0.717, 1.165) is 30.5 Å². The number of nitrogens with one attached hydrogen (secondary N) is 1. The highest BCUT2D eigenvalue weighted by molar-refractivity contribution is 6.05. The minimum atomic E-state index is -0.143. The van der Waals surface area contributed by atoms with Crippen LogP contribution in [0.25, 0.3) is 0 Å². The first kappa shape index (κ1) is 20.0. The summed E-state index contributed by atoms with van der Waals surface area (Å²) in [6, 6.07) is 15.3. The van der Waals surface area contributed by atoms with E-state index in [2.05, 4.69) is 16.4 Å². The van der Waals surface area contributed by atoms with Gasteiger partial charge in [0.05, 0.1) is 6.61 Å². The topological polar surface area (TPSA) is 60.5 Å². The second-order valence-electron chi connectivity index (χ2n) is 7.34. The van der Waals surface area contributed by atoms with Crippen LogP contribution in [0.2, 0.25) is 0 Å². The average molecular weight is 402 g/mol. The summed E-state index contributed by atoms with van der Waals surface area (Å²) in [5, 5.41) is 3.09. The number of ether oxygens (including phenoxy) is 2. The molecule has 0 saturated heterocycles. The molecule has 154 valence electrons. The number of anilines is 1. The van der Waals surface area contributed by atoms with Crippen molar-refractivity contribution in [2.24, 2.45) is 0 Å². The highest BCUT2D eigenvalue weighted by Gasteiger charge is 2.17. The van der Waals surface area contributed by atoms with E-state index in [1.165, 1.54) is 17.5 Å². The van der Waals surface area contributed by atoms with Crippen LogP contribution < -0.4 is 14.8 Å². The summed E-state index contributed by atoms with van der Waals surface area (Å²) in [5.74, 6) is 1.03. The van der Waals surface area contributed by atoms with Gasteiger partial charge in [0.25, 0.3) is 5.91 Å². The van der Waals surface area contributed by atoms with Gasteiger partial charge in [0.1, 0.15) is 6.61 Å². The Morgan fingerprint density at radius 1 is 1.00 bits per heavy atom. The number of aryl methyl sites for hydroxylation is 1. The molecule has 5 heteroatoms. The van der Waals surface area contributed by atoms with E-state index in [1.807, 2.05) is 31.2 Å². The molecule has 2 aromatic carbocycles. The van der Waals surface area contributed by atoms with Crippen LogP contribution in [0.15, 0.2) is 60.9 Å². The SMILES string of the molecule is CCOc1cc(C(=O)Nc2cccc3c2CCCC3)ccc1OCc1ccncc1. The van der Waals surface area contributed by atoms with Crippen LogP contribution in [0.3, 0.4) is 0 Å². The number of nitrogens with zero attached hydrogens (tertiary/aromatic N) is 1. The Bertz CT molecular complexity index is 1020. The fourth-order valence-corrected chi connectivity index (χ4v) is 3.77. The maximum absolute atomic E-state index is 12.9. The summed E-state index contributed by atoms with van der Waals surface area (Å²) < 4.78 is 11.7. The summed E-state index contributed by atoms with van der Waals surface area (Å²) in [7, 11) is 0. The molecule has 4 rings (SSSR count). The molecule has 1 N–H and O–H groups in total. The summed E-state index contributed by atoms with van der Waals surface area (Å²) in [5.41, 5.74) is 5.08. The van der Waals surface area contributed by atoms with Crippen LogP contribution in [-0.2, 0) is 19.4 Å². The van der Waals surface area contributed by atoms with Crippen molar-refractivity contribution in [1.29, 1.82) is 0 Å². The van der Waals surface area contributed by atoms with Gasteiger partial charge in [0.2, 0.25) is 0 Å². The molecule has 0 saturated carbocycles. The summed E-state index contributed by atoms with van der Waals surface area (Å²) in [6.45, 7) is 2.81. The lowest BCUT2D eigenvalue weighted by Crippen LogP contribution is -2.15. The van der Waals surface area contributed by atoms with Gasteiger partial charge in [0, 0.05) is 23.6 Å². The Kier molecular flexibility index (Phi) is 6.28. The van der Waals surface area contributed by atoms with Gasteiger partial charge < -0.3 is 14.8 Å². The average Bonchev–Trinajstić information content (AvgIpc) is 2.79. The fourth-order valence-electron chi connectivity index (χ4n) is 3.77. The maximum atomic E-state index is 12.9. The van der Waals surface area contributed by atoms with Gasteiger partial charge >= 0.3 is 0 Å². The van der Waals surface area contributed by atoms with Crippen molar-refractivity contribution in [3.8, 4) is 11.5 Å². The van der Waals surface area contributed by atoms with Crippen molar-refractivity contribution < 1.29 is 14.3 Å². The van der Waals surface area contributed by atoms with E-state index in [1.54, 1.807) is 30.6 Å². The monoisotopic (exact) mass is 402 g/mol. The van der Waals surface area contributed by atoms with E-state index >= 15 is 0 Å². The van der Waals surface area contributed by atoms with Crippen LogP contribution in [0.4, 0.5) is 5.69 Å². The lowest BCUT2D eigenvalue weighted by atomic mass is 9.90. The largest absolute Gasteiger partial charge is 0.490 e. The molecular weight excluding hydrogens is 376 g/mol. The number of hydrogen-bond acceptors (Lipinski definition) is 4. The number of benzene rings is 2. The minimum absolute atomic E-state index is 0.143. The molecule has 0 fully saturated rings. The first-order valence-corrected chi connectivity index (χ1v) is 10.4. The number of pyridine rings is 1. The normalized spacial score (nSPS) is 12.7. The zero-order valence-electron chi connectivity index (χ0n) is 17.2. The molecule has 3 aromatic rings.